The summed E-state index contributed by atoms with van der Waals surface area (Å²) in [6, 6.07) is 4.90. The smallest absolute Gasteiger partial charge is 0.324 e. The third-order valence-corrected chi connectivity index (χ3v) is 8.37. The Balaban J connectivity index is 1.30. The van der Waals surface area contributed by atoms with Gasteiger partial charge in [-0.05, 0) is 68.1 Å². The number of hydrogen-bond acceptors (Lipinski definition) is 5. The monoisotopic (exact) mass is 497 g/mol. The van der Waals surface area contributed by atoms with Crippen molar-refractivity contribution < 1.29 is 22.7 Å². The summed E-state index contributed by atoms with van der Waals surface area (Å²) >= 11 is 6.32. The first-order valence-corrected chi connectivity index (χ1v) is 13.8. The van der Waals surface area contributed by atoms with Crippen LogP contribution in [0.15, 0.2) is 18.2 Å². The number of unbranched alkanes of at least 4 members (excludes halogenated alkanes) is 2. The number of carbonyl (C=O) groups excluding carboxylic acids is 2. The lowest BCUT2D eigenvalue weighted by Gasteiger charge is -2.34. The van der Waals surface area contributed by atoms with Crippen molar-refractivity contribution in [3.8, 4) is 5.75 Å². The minimum atomic E-state index is -3.48. The zero-order chi connectivity index (χ0) is 23.4. The largest absolute Gasteiger partial charge is 0.492 e. The van der Waals surface area contributed by atoms with Gasteiger partial charge in [-0.1, -0.05) is 30.5 Å². The highest BCUT2D eigenvalue weighted by atomic mass is 35.5. The molecule has 0 spiro atoms. The lowest BCUT2D eigenvalue weighted by molar-refractivity contribution is -0.118. The van der Waals surface area contributed by atoms with E-state index in [4.69, 9.17) is 16.3 Å². The average Bonchev–Trinajstić information content (AvgIpc) is 3.49. The second kappa shape index (κ2) is 10.6. The number of nitrogens with one attached hydrogen (secondary N) is 2. The zero-order valence-corrected chi connectivity index (χ0v) is 20.3. The Morgan fingerprint density at radius 3 is 2.58 bits per heavy atom. The first-order chi connectivity index (χ1) is 15.8. The number of urea groups is 1. The van der Waals surface area contributed by atoms with Crippen molar-refractivity contribution >= 4 is 33.6 Å². The fourth-order valence-corrected chi connectivity index (χ4v) is 5.80. The van der Waals surface area contributed by atoms with Gasteiger partial charge in [0.1, 0.15) is 12.3 Å². The number of amides is 3. The van der Waals surface area contributed by atoms with Crippen LogP contribution in [0.2, 0.25) is 5.02 Å². The van der Waals surface area contributed by atoms with Gasteiger partial charge in [-0.2, -0.15) is 0 Å². The molecule has 2 saturated carbocycles. The Hall–Kier alpha value is -1.84. The molecule has 0 radical (unpaired) electrons. The van der Waals surface area contributed by atoms with Gasteiger partial charge in [0.25, 0.3) is 0 Å². The van der Waals surface area contributed by atoms with Gasteiger partial charge in [0.2, 0.25) is 15.9 Å². The van der Waals surface area contributed by atoms with E-state index >= 15 is 0 Å². The number of ether oxygens (including phenoxy) is 1. The minimum absolute atomic E-state index is 0.0278. The van der Waals surface area contributed by atoms with Crippen LogP contribution in [0.4, 0.5) is 4.79 Å². The predicted octanol–water partition coefficient (Wildman–Crippen LogP) is 3.61. The van der Waals surface area contributed by atoms with Gasteiger partial charge in [0, 0.05) is 12.6 Å². The minimum Gasteiger partial charge on any atom is -0.492 e. The predicted molar refractivity (Wildman–Crippen MR) is 126 cm³/mol. The highest BCUT2D eigenvalue weighted by Gasteiger charge is 2.32. The molecule has 0 bridgehead atoms. The first kappa shape index (κ1) is 24.3. The summed E-state index contributed by atoms with van der Waals surface area (Å²) < 4.78 is 34.6. The molecule has 182 valence electrons. The van der Waals surface area contributed by atoms with E-state index in [1.807, 2.05) is 12.1 Å². The van der Waals surface area contributed by atoms with E-state index in [0.29, 0.717) is 49.1 Å². The molecule has 3 amide bonds. The van der Waals surface area contributed by atoms with Gasteiger partial charge >= 0.3 is 6.03 Å². The van der Waals surface area contributed by atoms with Crippen LogP contribution in [0.25, 0.3) is 0 Å². The molecule has 1 atom stereocenters. The second-order valence-electron chi connectivity index (χ2n) is 9.39. The van der Waals surface area contributed by atoms with E-state index in [2.05, 4.69) is 10.0 Å². The van der Waals surface area contributed by atoms with Crippen molar-refractivity contribution in [1.29, 1.82) is 0 Å². The SMILES string of the molecule is O=C1CN(CCCCCS(=O)(=O)NC(c2ccc(Cl)c(OCC3CC3)c2)C2CCC2)C(=O)N1. The van der Waals surface area contributed by atoms with Crippen LogP contribution in [-0.4, -0.2) is 50.7 Å². The second-order valence-corrected chi connectivity index (χ2v) is 11.7. The van der Waals surface area contributed by atoms with Gasteiger partial charge in [-0.15, -0.1) is 0 Å². The summed E-state index contributed by atoms with van der Waals surface area (Å²) in [7, 11) is -3.48. The van der Waals surface area contributed by atoms with Crippen LogP contribution in [0.5, 0.6) is 5.75 Å². The fourth-order valence-electron chi connectivity index (χ4n) is 4.21. The number of halogens is 1. The molecule has 1 unspecified atom stereocenters. The van der Waals surface area contributed by atoms with Crippen molar-refractivity contribution in [3.63, 3.8) is 0 Å². The number of sulfonamides is 1. The lowest BCUT2D eigenvalue weighted by Crippen LogP contribution is -2.37. The Morgan fingerprint density at radius 1 is 1.15 bits per heavy atom. The van der Waals surface area contributed by atoms with Gasteiger partial charge in [-0.25, -0.2) is 17.9 Å². The van der Waals surface area contributed by atoms with Gasteiger partial charge < -0.3 is 9.64 Å². The summed E-state index contributed by atoms with van der Waals surface area (Å²) in [6.45, 7) is 1.18. The third-order valence-electron chi connectivity index (χ3n) is 6.62. The molecule has 3 aliphatic rings. The highest BCUT2D eigenvalue weighted by Crippen LogP contribution is 2.40. The van der Waals surface area contributed by atoms with Crippen molar-refractivity contribution in [2.45, 2.75) is 57.4 Å². The quantitative estimate of drug-likeness (QED) is 0.320. The lowest BCUT2D eigenvalue weighted by atomic mass is 9.77. The molecular formula is C23H32ClN3O5S. The Labute approximate surface area is 200 Å². The summed E-state index contributed by atoms with van der Waals surface area (Å²) in [5, 5.41) is 2.78. The van der Waals surface area contributed by atoms with Crippen LogP contribution in [0.1, 0.15) is 63.0 Å². The Morgan fingerprint density at radius 2 is 1.94 bits per heavy atom. The maximum absolute atomic E-state index is 12.9. The summed E-state index contributed by atoms with van der Waals surface area (Å²) in [6.07, 6.45) is 7.26. The van der Waals surface area contributed by atoms with Crippen LogP contribution >= 0.6 is 11.6 Å². The maximum atomic E-state index is 12.9. The van der Waals surface area contributed by atoms with Crippen molar-refractivity contribution in [2.24, 2.45) is 11.8 Å². The Bertz CT molecular complexity index is 978. The molecule has 1 saturated heterocycles. The van der Waals surface area contributed by atoms with E-state index in [1.165, 1.54) is 17.7 Å². The summed E-state index contributed by atoms with van der Waals surface area (Å²) in [5.41, 5.74) is 0.892. The van der Waals surface area contributed by atoms with Gasteiger partial charge in [-0.3, -0.25) is 10.1 Å². The number of hydrogen-bond donors (Lipinski definition) is 2. The molecule has 1 aromatic carbocycles. The fraction of sp³-hybridized carbons (Fsp3) is 0.652. The van der Waals surface area contributed by atoms with Gasteiger partial charge in [0.15, 0.2) is 0 Å². The maximum Gasteiger partial charge on any atom is 0.324 e. The number of imide groups is 1. The number of carbonyl (C=O) groups is 2. The topological polar surface area (TPSA) is 105 Å². The highest BCUT2D eigenvalue weighted by molar-refractivity contribution is 7.89. The van der Waals surface area contributed by atoms with Crippen molar-refractivity contribution in [2.75, 3.05) is 25.4 Å². The number of benzene rings is 1. The molecule has 2 aliphatic carbocycles. The van der Waals surface area contributed by atoms with Crippen LogP contribution < -0.4 is 14.8 Å². The third kappa shape index (κ3) is 6.83. The molecule has 0 aromatic heterocycles. The summed E-state index contributed by atoms with van der Waals surface area (Å²) in [5.74, 6) is 1.22. The Kier molecular flexibility index (Phi) is 7.81. The molecule has 1 heterocycles. The molecule has 8 nitrogen and oxygen atoms in total. The molecule has 10 heteroatoms. The molecule has 4 rings (SSSR count). The normalized spacial score (nSPS) is 20.0. The van der Waals surface area contributed by atoms with Crippen LogP contribution in [0.3, 0.4) is 0 Å². The van der Waals surface area contributed by atoms with E-state index in [-0.39, 0.29) is 36.2 Å². The standard InChI is InChI=1S/C23H32ClN3O5S/c24-19-10-9-18(13-20(19)32-15-16-7-8-16)22(17-5-4-6-17)26-33(30,31)12-3-1-2-11-27-14-21(28)25-23(27)29/h9-10,13,16-17,22,26H,1-8,11-12,14-15H2,(H,25,28,29). The van der Waals surface area contributed by atoms with Crippen LogP contribution in [0, 0.1) is 11.8 Å². The number of nitrogens with zero attached hydrogens (tertiary/aromatic N) is 1. The molecular weight excluding hydrogens is 466 g/mol. The number of rotatable bonds is 13. The summed E-state index contributed by atoms with van der Waals surface area (Å²) in [4.78, 5) is 24.2. The van der Waals surface area contributed by atoms with Gasteiger partial charge in [0.05, 0.1) is 17.4 Å². The molecule has 1 aromatic rings. The molecule has 33 heavy (non-hydrogen) atoms. The first-order valence-electron chi connectivity index (χ1n) is 11.8. The molecule has 1 aliphatic heterocycles. The zero-order valence-electron chi connectivity index (χ0n) is 18.7. The van der Waals surface area contributed by atoms with E-state index in [9.17, 15) is 18.0 Å². The van der Waals surface area contributed by atoms with Crippen molar-refractivity contribution in [1.82, 2.24) is 14.9 Å². The average molecular weight is 498 g/mol. The van der Waals surface area contributed by atoms with E-state index in [0.717, 1.165) is 24.8 Å². The van der Waals surface area contributed by atoms with E-state index in [1.54, 1.807) is 6.07 Å². The van der Waals surface area contributed by atoms with E-state index < -0.39 is 10.0 Å². The molecule has 3 fully saturated rings. The van der Waals surface area contributed by atoms with Crippen LogP contribution in [-0.2, 0) is 14.8 Å². The molecule has 2 N–H and O–H groups in total. The van der Waals surface area contributed by atoms with Crippen molar-refractivity contribution in [3.05, 3.63) is 28.8 Å².